The Kier molecular flexibility index (Phi) is 24.9. The third-order valence-electron chi connectivity index (χ3n) is 6.76. The fraction of sp³-hybridized carbons (Fsp3) is 0.625. The highest BCUT2D eigenvalue weighted by molar-refractivity contribution is 5.85. The highest BCUT2D eigenvalue weighted by Gasteiger charge is 2.04. The molecule has 41 heavy (non-hydrogen) atoms. The lowest BCUT2D eigenvalue weighted by Crippen LogP contribution is -2.26. The van der Waals surface area contributed by atoms with Gasteiger partial charge in [0.15, 0.2) is 0 Å². The molecule has 0 heterocycles. The lowest BCUT2D eigenvalue weighted by atomic mass is 9.99. The van der Waals surface area contributed by atoms with Crippen LogP contribution in [-0.2, 0) is 13.1 Å². The summed E-state index contributed by atoms with van der Waals surface area (Å²) < 4.78 is 0. The topological polar surface area (TPSA) is 124 Å². The van der Waals surface area contributed by atoms with Crippen LogP contribution in [0.3, 0.4) is 0 Å². The minimum absolute atomic E-state index is 0. The summed E-state index contributed by atoms with van der Waals surface area (Å²) in [6, 6.07) is 17.7. The molecule has 234 valence electrons. The van der Waals surface area contributed by atoms with Crippen molar-refractivity contribution in [1.29, 1.82) is 0 Å². The minimum atomic E-state index is 0. The Hall–Kier alpha value is -1.59. The van der Waals surface area contributed by atoms with Gasteiger partial charge in [0.2, 0.25) is 0 Å². The summed E-state index contributed by atoms with van der Waals surface area (Å²) in [6.45, 7) is 13.7. The molecule has 0 aliphatic carbocycles. The molecule has 10 N–H and O–H groups in total. The number of nitrogens with one attached hydrogen (secondary N) is 6. The number of nitrogens with two attached hydrogens (primary N) is 2. The Morgan fingerprint density at radius 2 is 0.780 bits per heavy atom. The van der Waals surface area contributed by atoms with Crippen molar-refractivity contribution in [3.8, 4) is 11.1 Å². The van der Waals surface area contributed by atoms with Gasteiger partial charge in [-0.05, 0) is 151 Å². The first kappa shape index (κ1) is 37.4. The van der Waals surface area contributed by atoms with Crippen LogP contribution in [0, 0.1) is 0 Å². The number of hydrogen-bond acceptors (Lipinski definition) is 8. The van der Waals surface area contributed by atoms with E-state index in [4.69, 9.17) is 11.5 Å². The summed E-state index contributed by atoms with van der Waals surface area (Å²) in [5.74, 6) is 0. The highest BCUT2D eigenvalue weighted by atomic mass is 35.5. The highest BCUT2D eigenvalue weighted by Crippen LogP contribution is 2.22. The number of benzene rings is 2. The van der Waals surface area contributed by atoms with Gasteiger partial charge >= 0.3 is 0 Å². The van der Waals surface area contributed by atoms with Crippen molar-refractivity contribution in [2.75, 3.05) is 78.5 Å². The molecule has 0 bridgehead atoms. The van der Waals surface area contributed by atoms with Crippen molar-refractivity contribution in [3.05, 3.63) is 59.7 Å². The van der Waals surface area contributed by atoms with E-state index in [1.165, 1.54) is 22.3 Å². The van der Waals surface area contributed by atoms with Gasteiger partial charge in [0.25, 0.3) is 0 Å². The summed E-state index contributed by atoms with van der Waals surface area (Å²) in [7, 11) is 0. The van der Waals surface area contributed by atoms with Crippen LogP contribution in [0.25, 0.3) is 11.1 Å². The molecule has 8 nitrogen and oxygen atoms in total. The summed E-state index contributed by atoms with van der Waals surface area (Å²) >= 11 is 0. The molecule has 0 fully saturated rings. The Labute approximate surface area is 256 Å². The zero-order valence-corrected chi connectivity index (χ0v) is 26.1. The Bertz CT molecular complexity index is 793. The van der Waals surface area contributed by atoms with Crippen LogP contribution < -0.4 is 43.4 Å². The molecule has 0 saturated carbocycles. The first-order valence-corrected chi connectivity index (χ1v) is 15.7. The number of rotatable bonds is 27. The number of halogens is 1. The molecule has 2 rings (SSSR count). The summed E-state index contributed by atoms with van der Waals surface area (Å²) in [4.78, 5) is 0. The predicted octanol–water partition coefficient (Wildman–Crippen LogP) is 2.57. The van der Waals surface area contributed by atoms with E-state index in [9.17, 15) is 0 Å². The summed E-state index contributed by atoms with van der Waals surface area (Å²) in [6.07, 6.45) is 6.69. The quantitative estimate of drug-likeness (QED) is 0.0747. The van der Waals surface area contributed by atoms with Gasteiger partial charge in [0, 0.05) is 13.1 Å². The van der Waals surface area contributed by atoms with Gasteiger partial charge in [-0.2, -0.15) is 0 Å². The fourth-order valence-corrected chi connectivity index (χ4v) is 4.54. The van der Waals surface area contributed by atoms with Crippen molar-refractivity contribution in [1.82, 2.24) is 31.9 Å². The maximum Gasteiger partial charge on any atom is 0.0205 e. The van der Waals surface area contributed by atoms with E-state index in [1.54, 1.807) is 0 Å². The van der Waals surface area contributed by atoms with Gasteiger partial charge < -0.3 is 43.4 Å². The van der Waals surface area contributed by atoms with Crippen LogP contribution >= 0.6 is 12.4 Å². The second kappa shape index (κ2) is 27.3. The predicted molar refractivity (Wildman–Crippen MR) is 180 cm³/mol. The normalized spacial score (nSPS) is 11.1. The maximum absolute atomic E-state index is 5.52. The molecule has 0 aliphatic heterocycles. The van der Waals surface area contributed by atoms with E-state index in [0.717, 1.165) is 130 Å². The lowest BCUT2D eigenvalue weighted by Gasteiger charge is -2.13. The standard InChI is InChI=1S/C32H58N8.ClH/c33-12-4-14-35-16-6-18-37-20-8-22-39-27-29-24-30(26-32(25-29)31-10-2-1-3-11-31)28-40-23-9-21-38-19-7-17-36-15-5-13-34;/h1-3,10-11,24-26,35-40H,4-9,12-23,27-28,33-34H2;1H. The molecule has 0 saturated heterocycles. The minimum Gasteiger partial charge on any atom is -0.330 e. The molecule has 0 radical (unpaired) electrons. The van der Waals surface area contributed by atoms with E-state index in [0.29, 0.717) is 0 Å². The van der Waals surface area contributed by atoms with Crippen LogP contribution in [-0.4, -0.2) is 78.5 Å². The average Bonchev–Trinajstić information content (AvgIpc) is 2.98. The van der Waals surface area contributed by atoms with Crippen LogP contribution in [0.5, 0.6) is 0 Å². The van der Waals surface area contributed by atoms with Gasteiger partial charge in [0.05, 0.1) is 0 Å². The third kappa shape index (κ3) is 20.0. The van der Waals surface area contributed by atoms with Gasteiger partial charge in [-0.3, -0.25) is 0 Å². The maximum atomic E-state index is 5.52. The first-order valence-electron chi connectivity index (χ1n) is 15.7. The van der Waals surface area contributed by atoms with E-state index in [1.807, 2.05) is 0 Å². The van der Waals surface area contributed by atoms with Crippen molar-refractivity contribution < 1.29 is 0 Å². The summed E-state index contributed by atoms with van der Waals surface area (Å²) in [5.41, 5.74) is 16.3. The van der Waals surface area contributed by atoms with E-state index in [2.05, 4.69) is 80.4 Å². The van der Waals surface area contributed by atoms with Gasteiger partial charge in [-0.15, -0.1) is 12.4 Å². The Balaban J connectivity index is 0.00000840. The zero-order valence-electron chi connectivity index (χ0n) is 25.3. The Morgan fingerprint density at radius 3 is 1.17 bits per heavy atom. The van der Waals surface area contributed by atoms with E-state index >= 15 is 0 Å². The van der Waals surface area contributed by atoms with Crippen LogP contribution in [0.1, 0.15) is 49.7 Å². The SMILES string of the molecule is Cl.NCCCNCCCNCCCNCc1cc(CNCCCNCCCNCCCN)cc(-c2ccccc2)c1. The second-order valence-electron chi connectivity index (χ2n) is 10.5. The molecule has 0 spiro atoms. The van der Waals surface area contributed by atoms with Gasteiger partial charge in [-0.1, -0.05) is 36.4 Å². The molecule has 0 unspecified atom stereocenters. The molecule has 0 aromatic heterocycles. The van der Waals surface area contributed by atoms with Gasteiger partial charge in [0.1, 0.15) is 0 Å². The fourth-order valence-electron chi connectivity index (χ4n) is 4.54. The lowest BCUT2D eigenvalue weighted by molar-refractivity contribution is 0.560. The molecular formula is C32H59ClN8. The van der Waals surface area contributed by atoms with Crippen molar-refractivity contribution in [2.24, 2.45) is 11.5 Å². The molecule has 0 atom stereocenters. The largest absolute Gasteiger partial charge is 0.330 e. The smallest absolute Gasteiger partial charge is 0.0205 e. The van der Waals surface area contributed by atoms with E-state index in [-0.39, 0.29) is 12.4 Å². The van der Waals surface area contributed by atoms with Crippen molar-refractivity contribution >= 4 is 12.4 Å². The van der Waals surface area contributed by atoms with Crippen LogP contribution in [0.4, 0.5) is 0 Å². The summed E-state index contributed by atoms with van der Waals surface area (Å²) in [5, 5.41) is 21.2. The molecule has 9 heteroatoms. The second-order valence-corrected chi connectivity index (χ2v) is 10.5. The average molecular weight is 591 g/mol. The molecule has 2 aromatic rings. The number of hydrogen-bond donors (Lipinski definition) is 8. The van der Waals surface area contributed by atoms with Crippen molar-refractivity contribution in [2.45, 2.75) is 51.6 Å². The molecule has 2 aromatic carbocycles. The van der Waals surface area contributed by atoms with Crippen molar-refractivity contribution in [3.63, 3.8) is 0 Å². The van der Waals surface area contributed by atoms with Crippen LogP contribution in [0.2, 0.25) is 0 Å². The first-order chi connectivity index (χ1) is 19.8. The molecule has 0 aliphatic rings. The van der Waals surface area contributed by atoms with E-state index < -0.39 is 0 Å². The molecular weight excluding hydrogens is 532 g/mol. The van der Waals surface area contributed by atoms with Crippen LogP contribution in [0.15, 0.2) is 48.5 Å². The van der Waals surface area contributed by atoms with Gasteiger partial charge in [-0.25, -0.2) is 0 Å². The third-order valence-corrected chi connectivity index (χ3v) is 6.76. The monoisotopic (exact) mass is 590 g/mol. The molecule has 0 amide bonds. The Morgan fingerprint density at radius 1 is 0.415 bits per heavy atom. The zero-order chi connectivity index (χ0) is 28.4.